The first-order chi connectivity index (χ1) is 7.19. The van der Waals surface area contributed by atoms with E-state index >= 15 is 0 Å². The Morgan fingerprint density at radius 1 is 1.60 bits per heavy atom. The molecule has 0 saturated carbocycles. The molecule has 0 amide bonds. The third-order valence-electron chi connectivity index (χ3n) is 1.62. The van der Waals surface area contributed by atoms with Crippen molar-refractivity contribution in [1.82, 2.24) is 0 Å². The molecule has 1 aromatic carbocycles. The summed E-state index contributed by atoms with van der Waals surface area (Å²) in [5.74, 6) is 0.0286. The summed E-state index contributed by atoms with van der Waals surface area (Å²) in [6.45, 7) is -0.101. The molecular formula is C9H8N2O4. The van der Waals surface area contributed by atoms with Gasteiger partial charge in [0.2, 0.25) is 5.75 Å². The Kier molecular flexibility index (Phi) is 3.60. The molecule has 1 rings (SSSR count). The average molecular weight is 208 g/mol. The number of rotatable bonds is 4. The molecule has 0 aliphatic carbocycles. The van der Waals surface area contributed by atoms with E-state index in [2.05, 4.69) is 4.74 Å². The number of nitro groups is 1. The van der Waals surface area contributed by atoms with Crippen molar-refractivity contribution in [2.75, 3.05) is 13.9 Å². The van der Waals surface area contributed by atoms with Crippen molar-refractivity contribution in [3.63, 3.8) is 0 Å². The van der Waals surface area contributed by atoms with E-state index in [1.807, 2.05) is 6.07 Å². The van der Waals surface area contributed by atoms with Crippen LogP contribution in [0.1, 0.15) is 5.56 Å². The summed E-state index contributed by atoms with van der Waals surface area (Å²) in [5, 5.41) is 19.2. The SMILES string of the molecule is COCOc1cc(C#N)ccc1[N+](=O)[O-]. The van der Waals surface area contributed by atoms with Crippen LogP contribution in [-0.4, -0.2) is 18.8 Å². The second-order valence-electron chi connectivity index (χ2n) is 2.60. The quantitative estimate of drug-likeness (QED) is 0.424. The summed E-state index contributed by atoms with van der Waals surface area (Å²) < 4.78 is 9.60. The number of hydrogen-bond donors (Lipinski definition) is 0. The first kappa shape index (κ1) is 10.9. The highest BCUT2D eigenvalue weighted by atomic mass is 16.7. The Bertz CT molecular complexity index is 411. The maximum Gasteiger partial charge on any atom is 0.311 e. The van der Waals surface area contributed by atoms with Gasteiger partial charge in [-0.25, -0.2) is 0 Å². The molecule has 0 aliphatic heterocycles. The van der Waals surface area contributed by atoms with Crippen molar-refractivity contribution in [1.29, 1.82) is 5.26 Å². The molecule has 0 atom stereocenters. The van der Waals surface area contributed by atoms with Crippen molar-refractivity contribution in [3.8, 4) is 11.8 Å². The molecule has 15 heavy (non-hydrogen) atoms. The molecule has 0 heterocycles. The fourth-order valence-corrected chi connectivity index (χ4v) is 0.973. The standard InChI is InChI=1S/C9H8N2O4/c1-14-6-15-9-4-7(5-10)2-3-8(9)11(12)13/h2-4H,6H2,1H3. The van der Waals surface area contributed by atoms with Crippen LogP contribution < -0.4 is 4.74 Å². The molecule has 0 N–H and O–H groups in total. The van der Waals surface area contributed by atoms with Gasteiger partial charge in [-0.3, -0.25) is 10.1 Å². The van der Waals surface area contributed by atoms with Crippen molar-refractivity contribution >= 4 is 5.69 Å². The molecule has 6 nitrogen and oxygen atoms in total. The molecule has 0 spiro atoms. The van der Waals surface area contributed by atoms with Gasteiger partial charge >= 0.3 is 5.69 Å². The zero-order valence-electron chi connectivity index (χ0n) is 7.97. The lowest BCUT2D eigenvalue weighted by Gasteiger charge is -2.04. The van der Waals surface area contributed by atoms with Crippen LogP contribution in [0.25, 0.3) is 0 Å². The van der Waals surface area contributed by atoms with E-state index in [0.29, 0.717) is 5.56 Å². The number of hydrogen-bond acceptors (Lipinski definition) is 5. The van der Waals surface area contributed by atoms with Gasteiger partial charge in [-0.05, 0) is 6.07 Å². The zero-order chi connectivity index (χ0) is 11.3. The van der Waals surface area contributed by atoms with E-state index in [-0.39, 0.29) is 18.2 Å². The maximum atomic E-state index is 10.6. The van der Waals surface area contributed by atoms with Crippen LogP contribution in [0.3, 0.4) is 0 Å². The molecule has 1 aromatic rings. The third-order valence-corrected chi connectivity index (χ3v) is 1.62. The second kappa shape index (κ2) is 4.93. The van der Waals surface area contributed by atoms with Crippen molar-refractivity contribution in [2.45, 2.75) is 0 Å². The summed E-state index contributed by atoms with van der Waals surface area (Å²) in [5.41, 5.74) is 0.109. The van der Waals surface area contributed by atoms with Gasteiger partial charge < -0.3 is 9.47 Å². The van der Waals surface area contributed by atoms with Gasteiger partial charge in [0.25, 0.3) is 0 Å². The van der Waals surface area contributed by atoms with Crippen LogP contribution >= 0.6 is 0 Å². The third kappa shape index (κ3) is 2.65. The van der Waals surface area contributed by atoms with E-state index in [0.717, 1.165) is 0 Å². The van der Waals surface area contributed by atoms with E-state index in [1.165, 1.54) is 25.3 Å². The average Bonchev–Trinajstić information content (AvgIpc) is 2.25. The topological polar surface area (TPSA) is 85.4 Å². The van der Waals surface area contributed by atoms with Crippen LogP contribution in [0, 0.1) is 21.4 Å². The normalized spacial score (nSPS) is 9.33. The summed E-state index contributed by atoms with van der Waals surface area (Å²) >= 11 is 0. The maximum absolute atomic E-state index is 10.6. The molecule has 0 unspecified atom stereocenters. The van der Waals surface area contributed by atoms with Gasteiger partial charge in [0, 0.05) is 19.2 Å². The first-order valence-corrected chi connectivity index (χ1v) is 3.99. The van der Waals surface area contributed by atoms with Crippen LogP contribution in [0.4, 0.5) is 5.69 Å². The fraction of sp³-hybridized carbons (Fsp3) is 0.222. The molecular weight excluding hydrogens is 200 g/mol. The summed E-state index contributed by atoms with van der Waals surface area (Å²) in [6, 6.07) is 5.75. The fourth-order valence-electron chi connectivity index (χ4n) is 0.973. The van der Waals surface area contributed by atoms with Gasteiger partial charge in [0.15, 0.2) is 6.79 Å². The predicted octanol–water partition coefficient (Wildman–Crippen LogP) is 1.45. The van der Waals surface area contributed by atoms with E-state index in [1.54, 1.807) is 0 Å². The number of benzene rings is 1. The zero-order valence-corrected chi connectivity index (χ0v) is 7.97. The van der Waals surface area contributed by atoms with Crippen LogP contribution in [0.15, 0.2) is 18.2 Å². The Balaban J connectivity index is 3.06. The second-order valence-corrected chi connectivity index (χ2v) is 2.60. The number of nitrogens with zero attached hydrogens (tertiary/aromatic N) is 2. The van der Waals surface area contributed by atoms with E-state index in [4.69, 9.17) is 10.00 Å². The number of ether oxygens (including phenoxy) is 2. The largest absolute Gasteiger partial charge is 0.460 e. The molecule has 0 aromatic heterocycles. The lowest BCUT2D eigenvalue weighted by molar-refractivity contribution is -0.386. The highest BCUT2D eigenvalue weighted by molar-refractivity contribution is 5.51. The van der Waals surface area contributed by atoms with Gasteiger partial charge in [0.1, 0.15) is 0 Å². The van der Waals surface area contributed by atoms with Crippen molar-refractivity contribution < 1.29 is 14.4 Å². The lowest BCUT2D eigenvalue weighted by Crippen LogP contribution is -2.02. The Morgan fingerprint density at radius 3 is 2.87 bits per heavy atom. The highest BCUT2D eigenvalue weighted by Crippen LogP contribution is 2.27. The molecule has 0 radical (unpaired) electrons. The van der Waals surface area contributed by atoms with Crippen LogP contribution in [0.2, 0.25) is 0 Å². The minimum absolute atomic E-state index is 0.0286. The van der Waals surface area contributed by atoms with Gasteiger partial charge in [-0.15, -0.1) is 0 Å². The molecule has 0 aliphatic rings. The van der Waals surface area contributed by atoms with E-state index < -0.39 is 4.92 Å². The lowest BCUT2D eigenvalue weighted by atomic mass is 10.2. The number of nitriles is 1. The molecule has 0 bridgehead atoms. The molecule has 0 fully saturated rings. The predicted molar refractivity (Wildman–Crippen MR) is 50.3 cm³/mol. The minimum Gasteiger partial charge on any atom is -0.460 e. The van der Waals surface area contributed by atoms with Crippen LogP contribution in [0.5, 0.6) is 5.75 Å². The van der Waals surface area contributed by atoms with Gasteiger partial charge in [-0.2, -0.15) is 5.26 Å². The smallest absolute Gasteiger partial charge is 0.311 e. The Labute approximate surface area is 85.8 Å². The summed E-state index contributed by atoms with van der Waals surface area (Å²) in [7, 11) is 1.40. The van der Waals surface area contributed by atoms with Crippen molar-refractivity contribution in [2.24, 2.45) is 0 Å². The number of nitro benzene ring substituents is 1. The minimum atomic E-state index is -0.577. The first-order valence-electron chi connectivity index (χ1n) is 3.99. The summed E-state index contributed by atoms with van der Waals surface area (Å²) in [6.07, 6.45) is 0. The number of methoxy groups -OCH3 is 1. The molecule has 6 heteroatoms. The van der Waals surface area contributed by atoms with Crippen LogP contribution in [-0.2, 0) is 4.74 Å². The van der Waals surface area contributed by atoms with Crippen molar-refractivity contribution in [3.05, 3.63) is 33.9 Å². The Morgan fingerprint density at radius 2 is 2.33 bits per heavy atom. The monoisotopic (exact) mass is 208 g/mol. The van der Waals surface area contributed by atoms with Gasteiger partial charge in [0.05, 0.1) is 16.6 Å². The molecule has 0 saturated heterocycles. The van der Waals surface area contributed by atoms with E-state index in [9.17, 15) is 10.1 Å². The summed E-state index contributed by atoms with van der Waals surface area (Å²) in [4.78, 5) is 10.0. The molecule has 78 valence electrons. The van der Waals surface area contributed by atoms with Gasteiger partial charge in [-0.1, -0.05) is 0 Å². The highest BCUT2D eigenvalue weighted by Gasteiger charge is 2.15. The Hall–Kier alpha value is -2.13.